The molecule has 3 saturated heterocycles. The highest BCUT2D eigenvalue weighted by Crippen LogP contribution is 2.43. The number of nitrogens with zero attached hydrogens (tertiary/aromatic N) is 4. The van der Waals surface area contributed by atoms with Gasteiger partial charge in [-0.15, -0.1) is 10.2 Å². The van der Waals surface area contributed by atoms with Crippen molar-refractivity contribution in [2.45, 2.75) is 31.7 Å². The van der Waals surface area contributed by atoms with E-state index in [9.17, 15) is 19.5 Å². The molecule has 3 N–H and O–H groups in total. The number of ether oxygens (including phenoxy) is 1. The van der Waals surface area contributed by atoms with Crippen LogP contribution in [-0.4, -0.2) is 82.3 Å². The van der Waals surface area contributed by atoms with Crippen LogP contribution in [-0.2, 0) is 21.5 Å². The van der Waals surface area contributed by atoms with Crippen molar-refractivity contribution in [3.8, 4) is 11.6 Å². The van der Waals surface area contributed by atoms with E-state index < -0.39 is 23.4 Å². The van der Waals surface area contributed by atoms with E-state index in [0.29, 0.717) is 25.4 Å². The van der Waals surface area contributed by atoms with Gasteiger partial charge in [-0.3, -0.25) is 30.0 Å². The lowest BCUT2D eigenvalue weighted by molar-refractivity contribution is -0.154. The third kappa shape index (κ3) is 4.23. The number of piperidine rings is 1. The predicted octanol–water partition coefficient (Wildman–Crippen LogP) is 0.783. The number of carbonyl (C=O) groups excluding carboxylic acids is 3. The summed E-state index contributed by atoms with van der Waals surface area (Å²) in [6.07, 6.45) is 2.49. The van der Waals surface area contributed by atoms with E-state index in [2.05, 4.69) is 32.7 Å². The lowest BCUT2D eigenvalue weighted by atomic mass is 9.70. The number of likely N-dealkylation sites (tertiary alicyclic amines) is 2. The van der Waals surface area contributed by atoms with Gasteiger partial charge >= 0.3 is 6.03 Å². The molecule has 3 aliphatic heterocycles. The second-order valence-corrected chi connectivity index (χ2v) is 9.73. The number of aryl methyl sites for hydroxylation is 1. The summed E-state index contributed by atoms with van der Waals surface area (Å²) in [5.74, 6) is -0.650. The first-order valence-electron chi connectivity index (χ1n) is 12.2. The first-order valence-corrected chi connectivity index (χ1v) is 12.2. The SMILES string of the molecule is CCc1ccc(Oc2ccc(C3(N4CCC5(CC4)CN(CCO)C5)C(=O)NC(=O)NC3=O)nn2)cc1. The van der Waals surface area contributed by atoms with Crippen molar-refractivity contribution in [2.24, 2.45) is 5.41 Å². The lowest BCUT2D eigenvalue weighted by Crippen LogP contribution is -2.73. The van der Waals surface area contributed by atoms with Crippen molar-refractivity contribution in [3.63, 3.8) is 0 Å². The molecule has 190 valence electrons. The van der Waals surface area contributed by atoms with E-state index >= 15 is 0 Å². The summed E-state index contributed by atoms with van der Waals surface area (Å²) >= 11 is 0. The van der Waals surface area contributed by atoms with Crippen molar-refractivity contribution in [1.29, 1.82) is 0 Å². The second-order valence-electron chi connectivity index (χ2n) is 9.73. The fraction of sp³-hybridized carbons (Fsp3) is 0.480. The Labute approximate surface area is 208 Å². The van der Waals surface area contributed by atoms with Gasteiger partial charge < -0.3 is 9.84 Å². The van der Waals surface area contributed by atoms with Gasteiger partial charge in [0.2, 0.25) is 11.4 Å². The van der Waals surface area contributed by atoms with Crippen LogP contribution in [0.4, 0.5) is 4.79 Å². The van der Waals surface area contributed by atoms with Crippen molar-refractivity contribution in [3.05, 3.63) is 47.7 Å². The molecule has 11 heteroatoms. The standard InChI is InChI=1S/C25H30N6O5/c1-2-17-3-5-18(6-4-17)36-20-8-7-19(28-29-20)25(21(33)26-23(35)27-22(25)34)31-11-9-24(10-12-31)15-30(16-24)13-14-32/h3-8,32H,2,9-16H2,1H3,(H2,26,27,33,34,35). The van der Waals surface area contributed by atoms with Gasteiger partial charge in [0.25, 0.3) is 11.8 Å². The van der Waals surface area contributed by atoms with Gasteiger partial charge in [0.15, 0.2) is 0 Å². The van der Waals surface area contributed by atoms with E-state index in [0.717, 1.165) is 32.4 Å². The number of urea groups is 1. The van der Waals surface area contributed by atoms with Crippen LogP contribution in [0.15, 0.2) is 36.4 Å². The number of barbiturate groups is 1. The topological polar surface area (TPSA) is 137 Å². The molecular formula is C25H30N6O5. The molecule has 0 bridgehead atoms. The Morgan fingerprint density at radius 1 is 0.972 bits per heavy atom. The van der Waals surface area contributed by atoms with Crippen molar-refractivity contribution in [1.82, 2.24) is 30.6 Å². The molecule has 4 amide bonds. The number of rotatable bonds is 7. The van der Waals surface area contributed by atoms with Crippen molar-refractivity contribution < 1.29 is 24.2 Å². The minimum atomic E-state index is -1.81. The highest BCUT2D eigenvalue weighted by Gasteiger charge is 2.59. The van der Waals surface area contributed by atoms with E-state index in [-0.39, 0.29) is 23.6 Å². The third-order valence-electron chi connectivity index (χ3n) is 7.51. The van der Waals surface area contributed by atoms with E-state index in [4.69, 9.17) is 4.74 Å². The number of aromatic nitrogens is 2. The summed E-state index contributed by atoms with van der Waals surface area (Å²) in [5.41, 5.74) is -0.384. The average molecular weight is 495 g/mol. The second kappa shape index (κ2) is 9.57. The van der Waals surface area contributed by atoms with E-state index in [1.807, 2.05) is 24.3 Å². The Morgan fingerprint density at radius 2 is 1.64 bits per heavy atom. The van der Waals surface area contributed by atoms with E-state index in [1.165, 1.54) is 5.56 Å². The molecule has 1 spiro atoms. The highest BCUT2D eigenvalue weighted by molar-refractivity contribution is 6.22. The zero-order valence-corrected chi connectivity index (χ0v) is 20.2. The third-order valence-corrected chi connectivity index (χ3v) is 7.51. The summed E-state index contributed by atoms with van der Waals surface area (Å²) in [6.45, 7) is 5.57. The fourth-order valence-corrected chi connectivity index (χ4v) is 5.52. The Morgan fingerprint density at radius 3 is 2.19 bits per heavy atom. The number of amides is 4. The zero-order valence-electron chi connectivity index (χ0n) is 20.2. The van der Waals surface area contributed by atoms with Crippen LogP contribution in [0.2, 0.25) is 0 Å². The summed E-state index contributed by atoms with van der Waals surface area (Å²) < 4.78 is 5.78. The molecule has 0 aliphatic carbocycles. The van der Waals surface area contributed by atoms with Crippen LogP contribution in [0.5, 0.6) is 11.6 Å². The van der Waals surface area contributed by atoms with Crippen LogP contribution in [0.1, 0.15) is 31.0 Å². The van der Waals surface area contributed by atoms with Crippen molar-refractivity contribution >= 4 is 17.8 Å². The fourth-order valence-electron chi connectivity index (χ4n) is 5.52. The largest absolute Gasteiger partial charge is 0.438 e. The minimum absolute atomic E-state index is 0.112. The van der Waals surface area contributed by atoms with Gasteiger partial charge in [-0.2, -0.15) is 0 Å². The van der Waals surface area contributed by atoms with Gasteiger partial charge in [-0.05, 0) is 48.4 Å². The monoisotopic (exact) mass is 494 g/mol. The molecule has 5 rings (SSSR count). The molecule has 0 unspecified atom stereocenters. The number of nitrogens with one attached hydrogen (secondary N) is 2. The highest BCUT2D eigenvalue weighted by atomic mass is 16.5. The van der Waals surface area contributed by atoms with Gasteiger partial charge in [0.1, 0.15) is 11.4 Å². The maximum atomic E-state index is 13.3. The maximum Gasteiger partial charge on any atom is 0.328 e. The molecule has 0 saturated carbocycles. The molecule has 36 heavy (non-hydrogen) atoms. The van der Waals surface area contributed by atoms with Crippen LogP contribution >= 0.6 is 0 Å². The summed E-state index contributed by atoms with van der Waals surface area (Å²) in [7, 11) is 0. The molecule has 0 radical (unpaired) electrons. The molecule has 1 aromatic carbocycles. The van der Waals surface area contributed by atoms with Crippen LogP contribution in [0.3, 0.4) is 0 Å². The minimum Gasteiger partial charge on any atom is -0.438 e. The number of carbonyl (C=O) groups is 3. The Kier molecular flexibility index (Phi) is 6.45. The maximum absolute atomic E-state index is 13.3. The van der Waals surface area contributed by atoms with Crippen LogP contribution in [0.25, 0.3) is 0 Å². The molecule has 4 heterocycles. The lowest BCUT2D eigenvalue weighted by Gasteiger charge is -2.56. The van der Waals surface area contributed by atoms with Crippen molar-refractivity contribution in [2.75, 3.05) is 39.3 Å². The molecule has 11 nitrogen and oxygen atoms in total. The zero-order chi connectivity index (χ0) is 25.3. The smallest absolute Gasteiger partial charge is 0.328 e. The molecule has 3 aliphatic rings. The average Bonchev–Trinajstić information content (AvgIpc) is 2.85. The van der Waals surface area contributed by atoms with Gasteiger partial charge in [0, 0.05) is 38.8 Å². The first-order chi connectivity index (χ1) is 17.4. The molecule has 1 aromatic heterocycles. The Balaban J connectivity index is 1.38. The number of β-amino-alcohol motifs (C(OH)–C–C–N with tert-alkyl or cyclic N) is 1. The Bertz CT molecular complexity index is 1120. The Hall–Kier alpha value is -3.41. The van der Waals surface area contributed by atoms with Gasteiger partial charge in [0.05, 0.1) is 6.61 Å². The number of aliphatic hydroxyl groups excluding tert-OH is 1. The van der Waals surface area contributed by atoms with Gasteiger partial charge in [-0.1, -0.05) is 19.1 Å². The van der Waals surface area contributed by atoms with Gasteiger partial charge in [-0.25, -0.2) is 4.79 Å². The number of hydrogen-bond donors (Lipinski definition) is 3. The van der Waals surface area contributed by atoms with Crippen LogP contribution < -0.4 is 15.4 Å². The number of benzene rings is 1. The number of imide groups is 2. The quantitative estimate of drug-likeness (QED) is 0.477. The normalized spacial score (nSPS) is 21.6. The summed E-state index contributed by atoms with van der Waals surface area (Å²) in [5, 5.41) is 22.0. The predicted molar refractivity (Wildman–Crippen MR) is 128 cm³/mol. The van der Waals surface area contributed by atoms with Crippen LogP contribution in [0, 0.1) is 5.41 Å². The number of aliphatic hydroxyl groups is 1. The summed E-state index contributed by atoms with van der Waals surface area (Å²) in [4.78, 5) is 42.4. The molecule has 2 aromatic rings. The molecular weight excluding hydrogens is 464 g/mol. The molecule has 0 atom stereocenters. The number of hydrogen-bond acceptors (Lipinski definition) is 9. The summed E-state index contributed by atoms with van der Waals surface area (Å²) in [6, 6.07) is 9.89. The first kappa shape index (κ1) is 24.3. The molecule has 3 fully saturated rings. The van der Waals surface area contributed by atoms with E-state index in [1.54, 1.807) is 17.0 Å².